The number of hydrogen-bond acceptors (Lipinski definition) is 3. The van der Waals surface area contributed by atoms with E-state index >= 15 is 0 Å². The molecule has 1 heterocycles. The monoisotopic (exact) mass is 248 g/mol. The number of halogens is 3. The molecule has 0 aliphatic rings. The van der Waals surface area contributed by atoms with Gasteiger partial charge in [-0.25, -0.2) is 4.98 Å². The van der Waals surface area contributed by atoms with Crippen molar-refractivity contribution in [2.24, 2.45) is 0 Å². The molecule has 1 rings (SSSR count). The third kappa shape index (κ3) is 3.89. The van der Waals surface area contributed by atoms with Crippen LogP contribution in [0.2, 0.25) is 0 Å². The van der Waals surface area contributed by atoms with Crippen LogP contribution < -0.4 is 5.32 Å². The molecule has 0 amide bonds. The minimum Gasteiger partial charge on any atom is -0.388 e. The van der Waals surface area contributed by atoms with Gasteiger partial charge in [-0.05, 0) is 25.5 Å². The fourth-order valence-electron chi connectivity index (χ4n) is 1.17. The Labute approximate surface area is 97.7 Å². The van der Waals surface area contributed by atoms with Crippen LogP contribution in [-0.4, -0.2) is 22.2 Å². The number of aromatic nitrogens is 1. The van der Waals surface area contributed by atoms with Gasteiger partial charge in [0.05, 0.1) is 11.2 Å². The SMILES string of the molecule is CCC(C)(O)CNc1ncccc1C(F)(F)F. The molecule has 0 aromatic carbocycles. The molecule has 0 fully saturated rings. The number of hydrogen-bond donors (Lipinski definition) is 2. The van der Waals surface area contributed by atoms with Crippen LogP contribution >= 0.6 is 0 Å². The molecule has 0 saturated carbocycles. The summed E-state index contributed by atoms with van der Waals surface area (Å²) in [6, 6.07) is 2.18. The van der Waals surface area contributed by atoms with E-state index in [4.69, 9.17) is 0 Å². The second kappa shape index (κ2) is 4.91. The molecule has 1 aromatic rings. The van der Waals surface area contributed by atoms with E-state index in [1.165, 1.54) is 12.3 Å². The van der Waals surface area contributed by atoms with Gasteiger partial charge in [0.1, 0.15) is 5.82 Å². The number of alkyl halides is 3. The van der Waals surface area contributed by atoms with E-state index in [2.05, 4.69) is 10.3 Å². The Bertz CT molecular complexity index is 377. The largest absolute Gasteiger partial charge is 0.419 e. The molecule has 1 unspecified atom stereocenters. The van der Waals surface area contributed by atoms with Crippen molar-refractivity contribution in [2.75, 3.05) is 11.9 Å². The third-order valence-corrected chi connectivity index (χ3v) is 2.51. The minimum absolute atomic E-state index is 0.0175. The topological polar surface area (TPSA) is 45.1 Å². The first-order valence-electron chi connectivity index (χ1n) is 5.25. The van der Waals surface area contributed by atoms with Crippen molar-refractivity contribution in [3.8, 4) is 0 Å². The Kier molecular flexibility index (Phi) is 3.98. The molecule has 17 heavy (non-hydrogen) atoms. The maximum Gasteiger partial charge on any atom is 0.419 e. The quantitative estimate of drug-likeness (QED) is 0.861. The summed E-state index contributed by atoms with van der Waals surface area (Å²) < 4.78 is 37.8. The van der Waals surface area contributed by atoms with Crippen LogP contribution in [0.1, 0.15) is 25.8 Å². The fraction of sp³-hybridized carbons (Fsp3) is 0.545. The van der Waals surface area contributed by atoms with E-state index in [0.717, 1.165) is 6.07 Å². The van der Waals surface area contributed by atoms with Crippen LogP contribution in [0.25, 0.3) is 0 Å². The molecular weight excluding hydrogens is 233 g/mol. The normalized spacial score (nSPS) is 15.4. The van der Waals surface area contributed by atoms with E-state index in [-0.39, 0.29) is 12.4 Å². The summed E-state index contributed by atoms with van der Waals surface area (Å²) in [5, 5.41) is 12.2. The smallest absolute Gasteiger partial charge is 0.388 e. The molecule has 1 atom stereocenters. The van der Waals surface area contributed by atoms with Gasteiger partial charge in [0.25, 0.3) is 0 Å². The Morgan fingerprint density at radius 3 is 2.59 bits per heavy atom. The molecule has 1 aromatic heterocycles. The zero-order valence-corrected chi connectivity index (χ0v) is 9.67. The molecule has 3 nitrogen and oxygen atoms in total. The molecule has 0 spiro atoms. The van der Waals surface area contributed by atoms with Gasteiger partial charge in [0, 0.05) is 12.7 Å². The average Bonchev–Trinajstić information content (AvgIpc) is 2.26. The zero-order valence-electron chi connectivity index (χ0n) is 9.67. The molecule has 2 N–H and O–H groups in total. The summed E-state index contributed by atoms with van der Waals surface area (Å²) in [5.74, 6) is -0.256. The molecule has 0 radical (unpaired) electrons. The van der Waals surface area contributed by atoms with Gasteiger partial charge < -0.3 is 10.4 Å². The van der Waals surface area contributed by atoms with Gasteiger partial charge in [-0.1, -0.05) is 6.92 Å². The first-order valence-corrected chi connectivity index (χ1v) is 5.25. The van der Waals surface area contributed by atoms with Gasteiger partial charge >= 0.3 is 6.18 Å². The number of anilines is 1. The molecule has 0 bridgehead atoms. The van der Waals surface area contributed by atoms with Crippen molar-refractivity contribution in [2.45, 2.75) is 32.0 Å². The van der Waals surface area contributed by atoms with Crippen molar-refractivity contribution in [1.82, 2.24) is 4.98 Å². The standard InChI is InChI=1S/C11H15F3N2O/c1-3-10(2,17)7-16-9-8(11(12,13)14)5-4-6-15-9/h4-6,17H,3,7H2,1-2H3,(H,15,16). The second-order valence-corrected chi connectivity index (χ2v) is 4.10. The van der Waals surface area contributed by atoms with Gasteiger partial charge in [-0.3, -0.25) is 0 Å². The molecule has 6 heteroatoms. The van der Waals surface area contributed by atoms with E-state index in [9.17, 15) is 18.3 Å². The van der Waals surface area contributed by atoms with Crippen molar-refractivity contribution in [3.63, 3.8) is 0 Å². The number of pyridine rings is 1. The Balaban J connectivity index is 2.85. The van der Waals surface area contributed by atoms with Gasteiger partial charge in [0.15, 0.2) is 0 Å². The van der Waals surface area contributed by atoms with E-state index < -0.39 is 17.3 Å². The summed E-state index contributed by atoms with van der Waals surface area (Å²) in [6.45, 7) is 3.32. The summed E-state index contributed by atoms with van der Waals surface area (Å²) >= 11 is 0. The van der Waals surface area contributed by atoms with Crippen LogP contribution in [0.15, 0.2) is 18.3 Å². The highest BCUT2D eigenvalue weighted by Gasteiger charge is 2.34. The van der Waals surface area contributed by atoms with Crippen molar-refractivity contribution in [1.29, 1.82) is 0 Å². The van der Waals surface area contributed by atoms with E-state index in [1.807, 2.05) is 0 Å². The number of nitrogens with zero attached hydrogens (tertiary/aromatic N) is 1. The predicted molar refractivity (Wildman–Crippen MR) is 58.6 cm³/mol. The maximum absolute atomic E-state index is 12.6. The molecule has 0 aliphatic carbocycles. The Morgan fingerprint density at radius 1 is 1.41 bits per heavy atom. The van der Waals surface area contributed by atoms with Crippen LogP contribution in [0.5, 0.6) is 0 Å². The lowest BCUT2D eigenvalue weighted by Gasteiger charge is -2.23. The lowest BCUT2D eigenvalue weighted by Crippen LogP contribution is -2.33. The van der Waals surface area contributed by atoms with E-state index in [0.29, 0.717) is 6.42 Å². The first kappa shape index (κ1) is 13.8. The van der Waals surface area contributed by atoms with Crippen LogP contribution in [0.4, 0.5) is 19.0 Å². The lowest BCUT2D eigenvalue weighted by molar-refractivity contribution is -0.137. The fourth-order valence-corrected chi connectivity index (χ4v) is 1.17. The number of rotatable bonds is 4. The number of aliphatic hydroxyl groups is 1. The summed E-state index contributed by atoms with van der Waals surface area (Å²) in [7, 11) is 0. The molecule has 0 saturated heterocycles. The van der Waals surface area contributed by atoms with Gasteiger partial charge in [-0.2, -0.15) is 13.2 Å². The molecule has 96 valence electrons. The first-order chi connectivity index (χ1) is 7.76. The highest BCUT2D eigenvalue weighted by atomic mass is 19.4. The summed E-state index contributed by atoms with van der Waals surface area (Å²) in [5.41, 5.74) is -1.88. The summed E-state index contributed by atoms with van der Waals surface area (Å²) in [4.78, 5) is 3.64. The van der Waals surface area contributed by atoms with E-state index in [1.54, 1.807) is 13.8 Å². The highest BCUT2D eigenvalue weighted by Crippen LogP contribution is 2.33. The lowest BCUT2D eigenvalue weighted by atomic mass is 10.0. The highest BCUT2D eigenvalue weighted by molar-refractivity contribution is 5.45. The number of nitrogens with one attached hydrogen (secondary N) is 1. The predicted octanol–water partition coefficient (Wildman–Crippen LogP) is 2.67. The third-order valence-electron chi connectivity index (χ3n) is 2.51. The van der Waals surface area contributed by atoms with Crippen LogP contribution in [0, 0.1) is 0 Å². The van der Waals surface area contributed by atoms with Crippen molar-refractivity contribution >= 4 is 5.82 Å². The Morgan fingerprint density at radius 2 is 2.06 bits per heavy atom. The Hall–Kier alpha value is -1.30. The van der Waals surface area contributed by atoms with Gasteiger partial charge in [-0.15, -0.1) is 0 Å². The van der Waals surface area contributed by atoms with Crippen molar-refractivity contribution < 1.29 is 18.3 Å². The van der Waals surface area contributed by atoms with Crippen LogP contribution in [-0.2, 0) is 6.18 Å². The van der Waals surface area contributed by atoms with Gasteiger partial charge in [0.2, 0.25) is 0 Å². The van der Waals surface area contributed by atoms with Crippen LogP contribution in [0.3, 0.4) is 0 Å². The molecule has 0 aliphatic heterocycles. The average molecular weight is 248 g/mol. The zero-order chi connectivity index (χ0) is 13.1. The van der Waals surface area contributed by atoms with Crippen molar-refractivity contribution in [3.05, 3.63) is 23.9 Å². The second-order valence-electron chi connectivity index (χ2n) is 4.10. The molecular formula is C11H15F3N2O. The maximum atomic E-state index is 12.6. The minimum atomic E-state index is -4.45. The summed E-state index contributed by atoms with van der Waals surface area (Å²) in [6.07, 6.45) is -2.74.